The molecule has 142 valence electrons. The van der Waals surface area contributed by atoms with Gasteiger partial charge in [-0.3, -0.25) is 5.01 Å². The summed E-state index contributed by atoms with van der Waals surface area (Å²) in [5, 5.41) is 7.10. The van der Waals surface area contributed by atoms with Crippen molar-refractivity contribution in [3.63, 3.8) is 0 Å². The highest BCUT2D eigenvalue weighted by Crippen LogP contribution is 2.14. The van der Waals surface area contributed by atoms with E-state index in [0.717, 1.165) is 11.3 Å². The number of carbonyl (C=O) groups is 1. The zero-order chi connectivity index (χ0) is 19.6. The number of carbonyl (C=O) groups excluding carboxylic acids is 1. The van der Waals surface area contributed by atoms with Crippen molar-refractivity contribution in [1.29, 1.82) is 0 Å². The molecule has 0 saturated carbocycles. The molecule has 0 saturated heterocycles. The van der Waals surface area contributed by atoms with Crippen LogP contribution in [0.25, 0.3) is 0 Å². The van der Waals surface area contributed by atoms with Crippen molar-refractivity contribution in [2.75, 3.05) is 0 Å². The molecule has 0 unspecified atom stereocenters. The fourth-order valence-electron chi connectivity index (χ4n) is 3.06. The lowest BCUT2D eigenvalue weighted by molar-refractivity contribution is -0.116. The Kier molecular flexibility index (Phi) is 7.14. The van der Waals surface area contributed by atoms with Crippen molar-refractivity contribution in [3.8, 4) is 0 Å². The molecular weight excluding hydrogens is 344 g/mol. The predicted octanol–water partition coefficient (Wildman–Crippen LogP) is 5.46. The quantitative estimate of drug-likeness (QED) is 0.370. The van der Waals surface area contributed by atoms with Crippen LogP contribution in [0.15, 0.2) is 96.1 Å². The molecule has 0 aliphatic heterocycles. The Morgan fingerprint density at radius 1 is 0.714 bits per heavy atom. The predicted molar refractivity (Wildman–Crippen MR) is 115 cm³/mol. The highest BCUT2D eigenvalue weighted by atomic mass is 16.1. The Morgan fingerprint density at radius 3 is 1.64 bits per heavy atom. The van der Waals surface area contributed by atoms with Gasteiger partial charge in [0.15, 0.2) is 0 Å². The van der Waals surface area contributed by atoms with Crippen LogP contribution in [0.3, 0.4) is 0 Å². The molecule has 0 bridgehead atoms. The first-order valence-electron chi connectivity index (χ1n) is 9.66. The third-order valence-corrected chi connectivity index (χ3v) is 4.50. The van der Waals surface area contributed by atoms with Crippen molar-refractivity contribution in [1.82, 2.24) is 5.01 Å². The van der Waals surface area contributed by atoms with Gasteiger partial charge in [0.25, 0.3) is 0 Å². The number of hydrazone groups is 1. The standard InChI is InChI=1S/C25H26N2O/c1-21(28)17-18-25(24-15-9-4-10-16-24)26-27(19-22-11-5-2-6-12-22)20-23-13-7-3-8-14-23/h2-16H,17-20H2,1H3. The summed E-state index contributed by atoms with van der Waals surface area (Å²) in [6.07, 6.45) is 1.14. The molecule has 0 radical (unpaired) electrons. The van der Waals surface area contributed by atoms with E-state index in [2.05, 4.69) is 41.4 Å². The fourth-order valence-corrected chi connectivity index (χ4v) is 3.06. The SMILES string of the molecule is CC(=O)CCC(=NN(Cc1ccccc1)Cc1ccccc1)c1ccccc1. The summed E-state index contributed by atoms with van der Waals surface area (Å²) in [6.45, 7) is 3.06. The number of Topliss-reactive ketones (excluding diaryl/α,β-unsaturated/α-hetero) is 1. The molecule has 0 N–H and O–H groups in total. The normalized spacial score (nSPS) is 11.2. The average Bonchev–Trinajstić information content (AvgIpc) is 2.73. The van der Waals surface area contributed by atoms with E-state index in [-0.39, 0.29) is 5.78 Å². The lowest BCUT2D eigenvalue weighted by Gasteiger charge is -2.22. The van der Waals surface area contributed by atoms with E-state index in [9.17, 15) is 4.79 Å². The van der Waals surface area contributed by atoms with Crippen molar-refractivity contribution < 1.29 is 4.79 Å². The van der Waals surface area contributed by atoms with Crippen LogP contribution in [-0.4, -0.2) is 16.5 Å². The third-order valence-electron chi connectivity index (χ3n) is 4.50. The van der Waals surface area contributed by atoms with E-state index < -0.39 is 0 Å². The van der Waals surface area contributed by atoms with Crippen molar-refractivity contribution in [2.24, 2.45) is 5.10 Å². The highest BCUT2D eigenvalue weighted by molar-refractivity contribution is 6.01. The Morgan fingerprint density at radius 2 is 1.18 bits per heavy atom. The van der Waals surface area contributed by atoms with Gasteiger partial charge in [-0.1, -0.05) is 91.0 Å². The summed E-state index contributed by atoms with van der Waals surface area (Å²) < 4.78 is 0. The molecule has 0 aliphatic rings. The van der Waals surface area contributed by atoms with Crippen LogP contribution in [0.1, 0.15) is 36.5 Å². The van der Waals surface area contributed by atoms with E-state index >= 15 is 0 Å². The molecule has 0 amide bonds. The fraction of sp³-hybridized carbons (Fsp3) is 0.200. The van der Waals surface area contributed by atoms with E-state index in [1.54, 1.807) is 6.92 Å². The lowest BCUT2D eigenvalue weighted by Crippen LogP contribution is -2.20. The second-order valence-electron chi connectivity index (χ2n) is 6.91. The van der Waals surface area contributed by atoms with Crippen LogP contribution in [-0.2, 0) is 17.9 Å². The molecule has 3 aromatic carbocycles. The molecule has 3 nitrogen and oxygen atoms in total. The van der Waals surface area contributed by atoms with E-state index in [0.29, 0.717) is 25.9 Å². The van der Waals surface area contributed by atoms with E-state index in [4.69, 9.17) is 5.10 Å². The Bertz CT molecular complexity index is 848. The van der Waals surface area contributed by atoms with Gasteiger partial charge in [0, 0.05) is 6.42 Å². The molecule has 3 aromatic rings. The van der Waals surface area contributed by atoms with Gasteiger partial charge < -0.3 is 4.79 Å². The Balaban J connectivity index is 1.91. The summed E-state index contributed by atoms with van der Waals surface area (Å²) in [6, 6.07) is 30.8. The maximum atomic E-state index is 11.6. The number of hydrogen-bond acceptors (Lipinski definition) is 3. The van der Waals surface area contributed by atoms with Crippen LogP contribution in [0.2, 0.25) is 0 Å². The molecular formula is C25H26N2O. The van der Waals surface area contributed by atoms with Crippen LogP contribution in [0.5, 0.6) is 0 Å². The maximum absolute atomic E-state index is 11.6. The largest absolute Gasteiger partial charge is 0.300 e. The summed E-state index contributed by atoms with van der Waals surface area (Å²) in [5.74, 6) is 0.182. The van der Waals surface area contributed by atoms with Crippen molar-refractivity contribution in [2.45, 2.75) is 32.9 Å². The Hall–Kier alpha value is -3.20. The molecule has 0 aromatic heterocycles. The maximum Gasteiger partial charge on any atom is 0.130 e. The van der Waals surface area contributed by atoms with Gasteiger partial charge in [0.05, 0.1) is 18.8 Å². The third kappa shape index (κ3) is 6.20. The minimum absolute atomic E-state index is 0.182. The average molecular weight is 370 g/mol. The van der Waals surface area contributed by atoms with Crippen LogP contribution >= 0.6 is 0 Å². The van der Waals surface area contributed by atoms with Crippen LogP contribution in [0, 0.1) is 0 Å². The Labute approximate surface area is 167 Å². The van der Waals surface area contributed by atoms with Gasteiger partial charge in [0.1, 0.15) is 5.78 Å². The number of hydrogen-bond donors (Lipinski definition) is 0. The van der Waals surface area contributed by atoms with Crippen LogP contribution < -0.4 is 0 Å². The van der Waals surface area contributed by atoms with Gasteiger partial charge in [-0.15, -0.1) is 0 Å². The molecule has 0 atom stereocenters. The van der Waals surface area contributed by atoms with Gasteiger partial charge in [0.2, 0.25) is 0 Å². The molecule has 0 heterocycles. The minimum atomic E-state index is 0.182. The minimum Gasteiger partial charge on any atom is -0.300 e. The summed E-state index contributed by atoms with van der Waals surface area (Å²) in [7, 11) is 0. The molecule has 3 rings (SSSR count). The molecule has 0 aliphatic carbocycles. The summed E-state index contributed by atoms with van der Waals surface area (Å²) in [5.41, 5.74) is 4.43. The molecule has 0 spiro atoms. The van der Waals surface area contributed by atoms with Gasteiger partial charge >= 0.3 is 0 Å². The van der Waals surface area contributed by atoms with Gasteiger partial charge in [-0.25, -0.2) is 0 Å². The number of rotatable bonds is 9. The first kappa shape index (κ1) is 19.6. The number of nitrogens with zero attached hydrogens (tertiary/aromatic N) is 2. The summed E-state index contributed by atoms with van der Waals surface area (Å²) >= 11 is 0. The zero-order valence-electron chi connectivity index (χ0n) is 16.3. The molecule has 3 heteroatoms. The second kappa shape index (κ2) is 10.2. The lowest BCUT2D eigenvalue weighted by atomic mass is 10.0. The first-order valence-corrected chi connectivity index (χ1v) is 9.66. The van der Waals surface area contributed by atoms with Gasteiger partial charge in [-0.05, 0) is 30.0 Å². The number of benzene rings is 3. The molecule has 0 fully saturated rings. The van der Waals surface area contributed by atoms with Crippen molar-refractivity contribution >= 4 is 11.5 Å². The highest BCUT2D eigenvalue weighted by Gasteiger charge is 2.10. The van der Waals surface area contributed by atoms with E-state index in [1.807, 2.05) is 54.6 Å². The first-order chi connectivity index (χ1) is 13.7. The van der Waals surface area contributed by atoms with Gasteiger partial charge in [-0.2, -0.15) is 5.10 Å². The smallest absolute Gasteiger partial charge is 0.130 e. The number of ketones is 1. The zero-order valence-corrected chi connectivity index (χ0v) is 16.3. The van der Waals surface area contributed by atoms with E-state index in [1.165, 1.54) is 11.1 Å². The topological polar surface area (TPSA) is 32.7 Å². The van der Waals surface area contributed by atoms with Crippen molar-refractivity contribution in [3.05, 3.63) is 108 Å². The van der Waals surface area contributed by atoms with Crippen LogP contribution in [0.4, 0.5) is 0 Å². The second-order valence-corrected chi connectivity index (χ2v) is 6.91. The molecule has 28 heavy (non-hydrogen) atoms. The monoisotopic (exact) mass is 370 g/mol. The summed E-state index contributed by atoms with van der Waals surface area (Å²) in [4.78, 5) is 11.6.